The summed E-state index contributed by atoms with van der Waals surface area (Å²) in [7, 11) is 0. The van der Waals surface area contributed by atoms with Gasteiger partial charge >= 0.3 is 5.97 Å². The minimum atomic E-state index is -0.999. The van der Waals surface area contributed by atoms with Gasteiger partial charge in [0.05, 0.1) is 5.00 Å². The Morgan fingerprint density at radius 1 is 1.24 bits per heavy atom. The van der Waals surface area contributed by atoms with Gasteiger partial charge in [0, 0.05) is 5.56 Å². The fourth-order valence-corrected chi connectivity index (χ4v) is 2.88. The first-order valence-corrected chi connectivity index (χ1v) is 6.91. The Labute approximate surface area is 123 Å². The number of hydrogen-bond donors (Lipinski definition) is 2. The van der Waals surface area contributed by atoms with E-state index in [4.69, 9.17) is 14.6 Å². The summed E-state index contributed by atoms with van der Waals surface area (Å²) in [6, 6.07) is 6.52. The van der Waals surface area contributed by atoms with Crippen LogP contribution in [-0.4, -0.2) is 23.8 Å². The van der Waals surface area contributed by atoms with Crippen molar-refractivity contribution in [1.82, 2.24) is 0 Å². The molecule has 21 heavy (non-hydrogen) atoms. The number of nitrogens with one attached hydrogen (secondary N) is 1. The lowest BCUT2D eigenvalue weighted by atomic mass is 10.2. The minimum Gasteiger partial charge on any atom is -0.477 e. The lowest BCUT2D eigenvalue weighted by Gasteiger charge is -2.03. The molecule has 0 aliphatic carbocycles. The maximum absolute atomic E-state index is 12.2. The number of hydrogen-bond acceptors (Lipinski definition) is 5. The first kappa shape index (κ1) is 13.4. The molecule has 0 spiro atoms. The van der Waals surface area contributed by atoms with Crippen LogP contribution < -0.4 is 14.8 Å². The second kappa shape index (κ2) is 5.10. The van der Waals surface area contributed by atoms with Gasteiger partial charge in [0.2, 0.25) is 6.79 Å². The highest BCUT2D eigenvalue weighted by Gasteiger charge is 2.18. The second-order valence-corrected chi connectivity index (χ2v) is 5.50. The zero-order valence-electron chi connectivity index (χ0n) is 11.0. The van der Waals surface area contributed by atoms with Gasteiger partial charge in [0.15, 0.2) is 11.5 Å². The van der Waals surface area contributed by atoms with Crippen LogP contribution in [-0.2, 0) is 0 Å². The number of aryl methyl sites for hydroxylation is 1. The van der Waals surface area contributed by atoms with Crippen molar-refractivity contribution in [3.8, 4) is 11.5 Å². The zero-order valence-corrected chi connectivity index (χ0v) is 11.8. The summed E-state index contributed by atoms with van der Waals surface area (Å²) in [5.41, 5.74) is 1.04. The molecule has 0 bridgehead atoms. The van der Waals surface area contributed by atoms with E-state index in [9.17, 15) is 9.59 Å². The fraction of sp³-hybridized carbons (Fsp3) is 0.143. The van der Waals surface area contributed by atoms with Gasteiger partial charge in [-0.1, -0.05) is 0 Å². The molecule has 2 aromatic rings. The Morgan fingerprint density at radius 3 is 2.71 bits per heavy atom. The van der Waals surface area contributed by atoms with Crippen LogP contribution in [0.25, 0.3) is 0 Å². The SMILES string of the molecule is Cc1cc(NC(=O)c2ccc3c(c2)OCO3)sc1C(=O)O. The van der Waals surface area contributed by atoms with Crippen molar-refractivity contribution in [3.63, 3.8) is 0 Å². The van der Waals surface area contributed by atoms with Gasteiger partial charge in [-0.15, -0.1) is 11.3 Å². The quantitative estimate of drug-likeness (QED) is 0.910. The Kier molecular flexibility index (Phi) is 3.26. The number of amides is 1. The van der Waals surface area contributed by atoms with Gasteiger partial charge in [-0.2, -0.15) is 0 Å². The van der Waals surface area contributed by atoms with Crippen molar-refractivity contribution >= 4 is 28.2 Å². The second-order valence-electron chi connectivity index (χ2n) is 4.45. The van der Waals surface area contributed by atoms with Gasteiger partial charge in [-0.3, -0.25) is 4.79 Å². The van der Waals surface area contributed by atoms with Gasteiger partial charge < -0.3 is 19.9 Å². The van der Waals surface area contributed by atoms with E-state index < -0.39 is 5.97 Å². The maximum Gasteiger partial charge on any atom is 0.346 e. The zero-order chi connectivity index (χ0) is 15.0. The molecule has 6 nitrogen and oxygen atoms in total. The molecule has 0 atom stereocenters. The summed E-state index contributed by atoms with van der Waals surface area (Å²) in [6.07, 6.45) is 0. The third-order valence-electron chi connectivity index (χ3n) is 2.98. The van der Waals surface area contributed by atoms with Crippen LogP contribution >= 0.6 is 11.3 Å². The highest BCUT2D eigenvalue weighted by molar-refractivity contribution is 7.18. The smallest absolute Gasteiger partial charge is 0.346 e. The topological polar surface area (TPSA) is 84.9 Å². The first-order chi connectivity index (χ1) is 10.0. The van der Waals surface area contributed by atoms with Crippen molar-refractivity contribution in [1.29, 1.82) is 0 Å². The molecule has 0 radical (unpaired) electrons. The van der Waals surface area contributed by atoms with Crippen LogP contribution in [0.2, 0.25) is 0 Å². The van der Waals surface area contributed by atoms with E-state index in [0.29, 0.717) is 27.6 Å². The van der Waals surface area contributed by atoms with Crippen molar-refractivity contribution in [2.75, 3.05) is 12.1 Å². The summed E-state index contributed by atoms with van der Waals surface area (Å²) >= 11 is 1.03. The van der Waals surface area contributed by atoms with Crippen molar-refractivity contribution in [2.45, 2.75) is 6.92 Å². The summed E-state index contributed by atoms with van der Waals surface area (Å²) in [4.78, 5) is 23.4. The van der Waals surface area contributed by atoms with Crippen LogP contribution in [0.4, 0.5) is 5.00 Å². The molecule has 1 amide bonds. The van der Waals surface area contributed by atoms with E-state index >= 15 is 0 Å². The number of aromatic carboxylic acids is 1. The summed E-state index contributed by atoms with van der Waals surface area (Å²) in [6.45, 7) is 1.84. The molecule has 0 unspecified atom stereocenters. The highest BCUT2D eigenvalue weighted by Crippen LogP contribution is 2.33. The van der Waals surface area contributed by atoms with Crippen LogP contribution in [0.15, 0.2) is 24.3 Å². The minimum absolute atomic E-state index is 0.145. The predicted octanol–water partition coefficient (Wildman–Crippen LogP) is 2.74. The average molecular weight is 305 g/mol. The molecule has 0 fully saturated rings. The molecular weight excluding hydrogens is 294 g/mol. The Balaban J connectivity index is 1.80. The van der Waals surface area contributed by atoms with Gasteiger partial charge in [0.25, 0.3) is 5.91 Å². The van der Waals surface area contributed by atoms with Crippen LogP contribution in [0.5, 0.6) is 11.5 Å². The van der Waals surface area contributed by atoms with Crippen molar-refractivity contribution in [3.05, 3.63) is 40.3 Å². The number of fused-ring (bicyclic) bond motifs is 1. The Morgan fingerprint density at radius 2 is 2.00 bits per heavy atom. The molecule has 0 saturated carbocycles. The first-order valence-electron chi connectivity index (χ1n) is 6.09. The van der Waals surface area contributed by atoms with Crippen molar-refractivity contribution in [2.24, 2.45) is 0 Å². The van der Waals surface area contributed by atoms with E-state index in [1.165, 1.54) is 0 Å². The van der Waals surface area contributed by atoms with E-state index in [1.54, 1.807) is 31.2 Å². The normalized spacial score (nSPS) is 12.2. The average Bonchev–Trinajstić information content (AvgIpc) is 3.04. The van der Waals surface area contributed by atoms with Crippen LogP contribution in [0.1, 0.15) is 25.6 Å². The van der Waals surface area contributed by atoms with E-state index in [0.717, 1.165) is 11.3 Å². The molecular formula is C14H11NO5S. The number of thiophene rings is 1. The molecule has 1 aromatic heterocycles. The van der Waals surface area contributed by atoms with Crippen molar-refractivity contribution < 1.29 is 24.2 Å². The Bertz CT molecular complexity index is 737. The molecule has 7 heteroatoms. The molecule has 2 heterocycles. The largest absolute Gasteiger partial charge is 0.477 e. The molecule has 0 saturated heterocycles. The number of rotatable bonds is 3. The van der Waals surface area contributed by atoms with E-state index in [2.05, 4.69) is 5.32 Å². The lowest BCUT2D eigenvalue weighted by Crippen LogP contribution is -2.10. The lowest BCUT2D eigenvalue weighted by molar-refractivity contribution is 0.0701. The fourth-order valence-electron chi connectivity index (χ4n) is 1.98. The number of carbonyl (C=O) groups excluding carboxylic acids is 1. The third kappa shape index (κ3) is 2.55. The number of benzene rings is 1. The number of anilines is 1. The van der Waals surface area contributed by atoms with Gasteiger partial charge in [-0.05, 0) is 36.8 Å². The summed E-state index contributed by atoms with van der Waals surface area (Å²) in [5.74, 6) is -0.199. The third-order valence-corrected chi connectivity index (χ3v) is 4.12. The molecule has 1 aliphatic heterocycles. The Hall–Kier alpha value is -2.54. The van der Waals surface area contributed by atoms with Gasteiger partial charge in [-0.25, -0.2) is 4.79 Å². The molecule has 3 rings (SSSR count). The van der Waals surface area contributed by atoms with Gasteiger partial charge in [0.1, 0.15) is 4.88 Å². The number of carbonyl (C=O) groups is 2. The monoisotopic (exact) mass is 305 g/mol. The van der Waals surface area contributed by atoms with Crippen LogP contribution in [0.3, 0.4) is 0 Å². The maximum atomic E-state index is 12.2. The molecule has 1 aromatic carbocycles. The molecule has 108 valence electrons. The van der Waals surface area contributed by atoms with E-state index in [-0.39, 0.29) is 17.6 Å². The number of ether oxygens (including phenoxy) is 2. The van der Waals surface area contributed by atoms with Crippen LogP contribution in [0, 0.1) is 6.92 Å². The molecule has 1 aliphatic rings. The number of carboxylic acid groups (broad SMARTS) is 1. The summed E-state index contributed by atoms with van der Waals surface area (Å²) in [5, 5.41) is 12.2. The number of carboxylic acids is 1. The van der Waals surface area contributed by atoms with E-state index in [1.807, 2.05) is 0 Å². The summed E-state index contributed by atoms with van der Waals surface area (Å²) < 4.78 is 10.4. The predicted molar refractivity (Wildman–Crippen MR) is 76.5 cm³/mol. The standard InChI is InChI=1S/C14H11NO5S/c1-7-4-11(21-12(7)14(17)18)15-13(16)8-2-3-9-10(5-8)20-6-19-9/h2-5H,6H2,1H3,(H,15,16)(H,17,18). The highest BCUT2D eigenvalue weighted by atomic mass is 32.1. The molecule has 2 N–H and O–H groups in total.